The van der Waals surface area contributed by atoms with Crippen LogP contribution in [0.2, 0.25) is 0 Å². The van der Waals surface area contributed by atoms with Crippen LogP contribution < -0.4 is 10.6 Å². The van der Waals surface area contributed by atoms with Crippen molar-refractivity contribution in [2.75, 3.05) is 26.2 Å². The van der Waals surface area contributed by atoms with Crippen molar-refractivity contribution in [3.63, 3.8) is 0 Å². The van der Waals surface area contributed by atoms with E-state index in [0.29, 0.717) is 12.1 Å². The summed E-state index contributed by atoms with van der Waals surface area (Å²) in [5.41, 5.74) is 0. The van der Waals surface area contributed by atoms with E-state index >= 15 is 0 Å². The lowest BCUT2D eigenvalue weighted by molar-refractivity contribution is 0.0839. The third-order valence-electron chi connectivity index (χ3n) is 2.54. The van der Waals surface area contributed by atoms with Crippen LogP contribution in [0.4, 0.5) is 0 Å². The topological polar surface area (TPSA) is 33.3 Å². The predicted octanol–water partition coefficient (Wildman–Crippen LogP) is 0.753. The fourth-order valence-corrected chi connectivity index (χ4v) is 1.69. The van der Waals surface area contributed by atoms with Crippen LogP contribution in [0.1, 0.15) is 26.7 Å². The van der Waals surface area contributed by atoms with E-state index in [1.54, 1.807) is 0 Å². The van der Waals surface area contributed by atoms with Crippen LogP contribution in [-0.2, 0) is 4.74 Å². The molecule has 0 spiro atoms. The number of ether oxygens (including phenoxy) is 1. The Bertz CT molecular complexity index is 124. The smallest absolute Gasteiger partial charge is 0.0726 e. The van der Waals surface area contributed by atoms with Gasteiger partial charge in [-0.05, 0) is 26.3 Å². The Kier molecular flexibility index (Phi) is 5.35. The van der Waals surface area contributed by atoms with Crippen molar-refractivity contribution >= 4 is 0 Å². The Morgan fingerprint density at radius 2 is 2.31 bits per heavy atom. The van der Waals surface area contributed by atoms with Gasteiger partial charge in [0, 0.05) is 25.7 Å². The number of likely N-dealkylation sites (N-methyl/N-ethyl adjacent to an activating group) is 1. The van der Waals surface area contributed by atoms with Gasteiger partial charge in [-0.25, -0.2) is 0 Å². The molecule has 0 amide bonds. The van der Waals surface area contributed by atoms with Crippen LogP contribution in [0.3, 0.4) is 0 Å². The second kappa shape index (κ2) is 6.35. The molecule has 0 aliphatic carbocycles. The number of hydrogen-bond donors (Lipinski definition) is 2. The van der Waals surface area contributed by atoms with Gasteiger partial charge >= 0.3 is 0 Å². The highest BCUT2D eigenvalue weighted by Crippen LogP contribution is 2.14. The molecule has 1 aliphatic heterocycles. The van der Waals surface area contributed by atoms with Crippen molar-refractivity contribution in [1.29, 1.82) is 0 Å². The van der Waals surface area contributed by atoms with E-state index in [0.717, 1.165) is 26.2 Å². The Morgan fingerprint density at radius 1 is 1.46 bits per heavy atom. The van der Waals surface area contributed by atoms with Gasteiger partial charge in [0.2, 0.25) is 0 Å². The predicted molar refractivity (Wildman–Crippen MR) is 55.0 cm³/mol. The van der Waals surface area contributed by atoms with Crippen molar-refractivity contribution in [2.45, 2.75) is 38.8 Å². The summed E-state index contributed by atoms with van der Waals surface area (Å²) in [6.07, 6.45) is 2.89. The maximum Gasteiger partial charge on any atom is 0.0726 e. The van der Waals surface area contributed by atoms with E-state index in [-0.39, 0.29) is 0 Å². The first-order valence-corrected chi connectivity index (χ1v) is 5.40. The van der Waals surface area contributed by atoms with Crippen LogP contribution in [0.15, 0.2) is 0 Å². The number of nitrogens with one attached hydrogen (secondary N) is 2. The number of rotatable bonds is 6. The average molecular weight is 186 g/mol. The minimum Gasteiger partial charge on any atom is -0.377 e. The lowest BCUT2D eigenvalue weighted by atomic mass is 10.1. The van der Waals surface area contributed by atoms with Crippen LogP contribution in [0.5, 0.6) is 0 Å². The van der Waals surface area contributed by atoms with E-state index < -0.39 is 0 Å². The highest BCUT2D eigenvalue weighted by Gasteiger charge is 2.21. The maximum atomic E-state index is 5.59. The van der Waals surface area contributed by atoms with E-state index in [4.69, 9.17) is 4.74 Å². The maximum absolute atomic E-state index is 5.59. The Balaban J connectivity index is 1.99. The van der Waals surface area contributed by atoms with Gasteiger partial charge in [-0.2, -0.15) is 0 Å². The molecule has 1 aliphatic rings. The third-order valence-corrected chi connectivity index (χ3v) is 2.54. The monoisotopic (exact) mass is 186 g/mol. The van der Waals surface area contributed by atoms with Gasteiger partial charge in [0.05, 0.1) is 6.10 Å². The van der Waals surface area contributed by atoms with Crippen molar-refractivity contribution in [3.05, 3.63) is 0 Å². The van der Waals surface area contributed by atoms with E-state index in [9.17, 15) is 0 Å². The molecular formula is C10H22N2O. The van der Waals surface area contributed by atoms with Gasteiger partial charge in [-0.1, -0.05) is 6.92 Å². The highest BCUT2D eigenvalue weighted by molar-refractivity contribution is 4.76. The molecule has 13 heavy (non-hydrogen) atoms. The standard InChI is InChI=1S/C10H22N2O/c1-3-11-6-7-12-9(2)10-5-4-8-13-10/h9-12H,3-8H2,1-2H3. The summed E-state index contributed by atoms with van der Waals surface area (Å²) >= 11 is 0. The molecule has 3 heteroatoms. The molecule has 1 fully saturated rings. The van der Waals surface area contributed by atoms with E-state index in [1.807, 2.05) is 0 Å². The largest absolute Gasteiger partial charge is 0.377 e. The Morgan fingerprint density at radius 3 is 2.92 bits per heavy atom. The Labute approximate surface area is 81.2 Å². The summed E-state index contributed by atoms with van der Waals surface area (Å²) in [6, 6.07) is 0.501. The third kappa shape index (κ3) is 4.07. The van der Waals surface area contributed by atoms with Gasteiger partial charge < -0.3 is 15.4 Å². The molecule has 2 N–H and O–H groups in total. The summed E-state index contributed by atoms with van der Waals surface area (Å²) < 4.78 is 5.59. The zero-order valence-electron chi connectivity index (χ0n) is 8.81. The molecule has 0 radical (unpaired) electrons. The van der Waals surface area contributed by atoms with Crippen LogP contribution in [-0.4, -0.2) is 38.4 Å². The zero-order valence-corrected chi connectivity index (χ0v) is 8.81. The van der Waals surface area contributed by atoms with Gasteiger partial charge in [0.1, 0.15) is 0 Å². The number of hydrogen-bond acceptors (Lipinski definition) is 3. The lowest BCUT2D eigenvalue weighted by Crippen LogP contribution is -2.40. The molecule has 78 valence electrons. The van der Waals surface area contributed by atoms with Crippen molar-refractivity contribution < 1.29 is 4.74 Å². The molecule has 2 unspecified atom stereocenters. The minimum atomic E-state index is 0.446. The van der Waals surface area contributed by atoms with Crippen LogP contribution in [0, 0.1) is 0 Å². The van der Waals surface area contributed by atoms with Crippen molar-refractivity contribution in [1.82, 2.24) is 10.6 Å². The molecule has 3 nitrogen and oxygen atoms in total. The molecule has 0 bridgehead atoms. The summed E-state index contributed by atoms with van der Waals surface area (Å²) in [4.78, 5) is 0. The lowest BCUT2D eigenvalue weighted by Gasteiger charge is -2.19. The normalized spacial score (nSPS) is 24.9. The molecule has 1 saturated heterocycles. The summed E-state index contributed by atoms with van der Waals surface area (Å²) in [5.74, 6) is 0. The minimum absolute atomic E-state index is 0.446. The first kappa shape index (κ1) is 11.0. The fraction of sp³-hybridized carbons (Fsp3) is 1.00. The first-order valence-electron chi connectivity index (χ1n) is 5.40. The molecule has 0 aromatic carbocycles. The van der Waals surface area contributed by atoms with Crippen molar-refractivity contribution in [3.8, 4) is 0 Å². The zero-order chi connectivity index (χ0) is 9.52. The first-order chi connectivity index (χ1) is 6.34. The van der Waals surface area contributed by atoms with E-state index in [1.165, 1.54) is 12.8 Å². The van der Waals surface area contributed by atoms with Crippen LogP contribution >= 0.6 is 0 Å². The molecule has 0 aromatic heterocycles. The molecule has 0 saturated carbocycles. The summed E-state index contributed by atoms with van der Waals surface area (Å²) in [5, 5.41) is 6.76. The quantitative estimate of drug-likeness (QED) is 0.601. The molecule has 2 atom stereocenters. The molecule has 0 aromatic rings. The Hall–Kier alpha value is -0.120. The summed E-state index contributed by atoms with van der Waals surface area (Å²) in [7, 11) is 0. The average Bonchev–Trinajstić information content (AvgIpc) is 2.65. The SMILES string of the molecule is CCNCCNC(C)C1CCCO1. The second-order valence-corrected chi connectivity index (χ2v) is 3.65. The van der Waals surface area contributed by atoms with Crippen molar-refractivity contribution in [2.24, 2.45) is 0 Å². The van der Waals surface area contributed by atoms with Gasteiger partial charge in [0.15, 0.2) is 0 Å². The van der Waals surface area contributed by atoms with Crippen LogP contribution in [0.25, 0.3) is 0 Å². The summed E-state index contributed by atoms with van der Waals surface area (Å²) in [6.45, 7) is 8.42. The molecule has 1 rings (SSSR count). The highest BCUT2D eigenvalue weighted by atomic mass is 16.5. The van der Waals surface area contributed by atoms with Gasteiger partial charge in [0.25, 0.3) is 0 Å². The van der Waals surface area contributed by atoms with Gasteiger partial charge in [-0.3, -0.25) is 0 Å². The van der Waals surface area contributed by atoms with E-state index in [2.05, 4.69) is 24.5 Å². The van der Waals surface area contributed by atoms with Gasteiger partial charge in [-0.15, -0.1) is 0 Å². The molecular weight excluding hydrogens is 164 g/mol. The fourth-order valence-electron chi connectivity index (χ4n) is 1.69. The second-order valence-electron chi connectivity index (χ2n) is 3.65. The molecule has 1 heterocycles.